The normalized spacial score (nSPS) is 20.5. The van der Waals surface area contributed by atoms with Crippen molar-refractivity contribution in [2.75, 3.05) is 12.3 Å². The lowest BCUT2D eigenvalue weighted by molar-refractivity contribution is -0.130. The molecule has 0 aromatic heterocycles. The highest BCUT2D eigenvalue weighted by Gasteiger charge is 2.40. The predicted molar refractivity (Wildman–Crippen MR) is 173 cm³/mol. The van der Waals surface area contributed by atoms with Gasteiger partial charge < -0.3 is 10.2 Å². The zero-order valence-corrected chi connectivity index (χ0v) is 26.0. The molecule has 1 saturated heterocycles. The van der Waals surface area contributed by atoms with Gasteiger partial charge in [-0.25, -0.2) is 0 Å². The summed E-state index contributed by atoms with van der Waals surface area (Å²) in [7, 11) is 0. The second-order valence-electron chi connectivity index (χ2n) is 11.1. The molecule has 1 heterocycles. The molecule has 1 aliphatic heterocycles. The van der Waals surface area contributed by atoms with E-state index >= 15 is 0 Å². The Morgan fingerprint density at radius 2 is 1.85 bits per heavy atom. The molecule has 7 heteroatoms. The molecule has 3 atom stereocenters. The van der Waals surface area contributed by atoms with Crippen molar-refractivity contribution in [3.63, 3.8) is 0 Å². The van der Waals surface area contributed by atoms with Gasteiger partial charge in [0, 0.05) is 45.6 Å². The van der Waals surface area contributed by atoms with Gasteiger partial charge in [-0.05, 0) is 79.3 Å². The van der Waals surface area contributed by atoms with Crippen molar-refractivity contribution >= 4 is 53.0 Å². The van der Waals surface area contributed by atoms with E-state index in [0.29, 0.717) is 29.8 Å². The second kappa shape index (κ2) is 14.0. The largest absolute Gasteiger partial charge is 0.352 e. The molecule has 0 bridgehead atoms. The fourth-order valence-corrected chi connectivity index (χ4v) is 7.97. The highest BCUT2D eigenvalue weighted by Crippen LogP contribution is 2.42. The van der Waals surface area contributed by atoms with E-state index in [1.165, 1.54) is 28.9 Å². The number of carbonyl (C=O) groups is 2. The Hall–Kier alpha value is -2.67. The van der Waals surface area contributed by atoms with E-state index < -0.39 is 0 Å². The van der Waals surface area contributed by atoms with E-state index in [0.717, 1.165) is 34.1 Å². The Kier molecular flexibility index (Phi) is 10.2. The topological polar surface area (TPSA) is 49.4 Å². The second-order valence-corrected chi connectivity index (χ2v) is 14.0. The molecule has 5 rings (SSSR count). The zero-order chi connectivity index (χ0) is 28.8. The molecule has 3 aromatic carbocycles. The summed E-state index contributed by atoms with van der Waals surface area (Å²) >= 11 is 9.47. The average molecular weight is 605 g/mol. The van der Waals surface area contributed by atoms with Crippen LogP contribution in [0, 0.1) is 12.8 Å². The van der Waals surface area contributed by atoms with Crippen molar-refractivity contribution in [1.29, 1.82) is 0 Å². The first-order valence-electron chi connectivity index (χ1n) is 14.4. The minimum atomic E-state index is -0.0787. The lowest BCUT2D eigenvalue weighted by Gasteiger charge is -2.44. The number of benzene rings is 3. The first kappa shape index (κ1) is 29.8. The van der Waals surface area contributed by atoms with Crippen LogP contribution < -0.4 is 5.32 Å². The molecule has 2 aliphatic rings. The van der Waals surface area contributed by atoms with Crippen LogP contribution in [-0.4, -0.2) is 40.3 Å². The molecular weight excluding hydrogens is 568 g/mol. The summed E-state index contributed by atoms with van der Waals surface area (Å²) in [5, 5.41) is 4.23. The van der Waals surface area contributed by atoms with Crippen molar-refractivity contribution in [3.8, 4) is 0 Å². The lowest BCUT2D eigenvalue weighted by atomic mass is 9.92. The summed E-state index contributed by atoms with van der Waals surface area (Å²) in [6.45, 7) is 5.49. The van der Waals surface area contributed by atoms with Crippen LogP contribution in [0.4, 0.5) is 0 Å². The van der Waals surface area contributed by atoms with Gasteiger partial charge in [-0.3, -0.25) is 9.59 Å². The predicted octanol–water partition coefficient (Wildman–Crippen LogP) is 8.23. The number of nitrogens with one attached hydrogen (secondary N) is 1. The van der Waals surface area contributed by atoms with Gasteiger partial charge in [0.2, 0.25) is 0 Å². The number of rotatable bonds is 9. The molecule has 0 radical (unpaired) electrons. The highest BCUT2D eigenvalue weighted by atomic mass is 35.5. The third-order valence-electron chi connectivity index (χ3n) is 7.68. The van der Waals surface area contributed by atoms with Crippen molar-refractivity contribution in [2.45, 2.75) is 62.3 Å². The van der Waals surface area contributed by atoms with E-state index in [1.807, 2.05) is 54.6 Å². The Morgan fingerprint density at radius 3 is 2.61 bits per heavy atom. The molecule has 4 nitrogen and oxygen atoms in total. The molecule has 1 aliphatic carbocycles. The van der Waals surface area contributed by atoms with Crippen LogP contribution in [0.25, 0.3) is 6.08 Å². The van der Waals surface area contributed by atoms with Gasteiger partial charge in [0.05, 0.1) is 4.91 Å². The molecular formula is C34H37ClN2O2S2. The van der Waals surface area contributed by atoms with Gasteiger partial charge in [0.25, 0.3) is 11.8 Å². The number of halogens is 1. The van der Waals surface area contributed by atoms with Crippen molar-refractivity contribution in [2.24, 2.45) is 5.92 Å². The number of fused-ring (bicyclic) bond motifs is 1. The molecule has 1 saturated carbocycles. The van der Waals surface area contributed by atoms with Crippen LogP contribution in [0.1, 0.15) is 59.7 Å². The standard InChI is InChI=1S/C34H37ClN2O2S2/c1-23-6-5-7-26(18-23)21-37-30-8-3-4-9-31(30)41-32(34(37)39)19-25-10-12-27(13-11-25)33(38)36-20-24(2)22-40-29-16-14-28(35)15-17-29/h5-7,10-19,24,30-31H,3-4,8-9,20-22H2,1-2H3,(H,36,38)/b32-19+. The number of aryl methyl sites for hydroxylation is 1. The summed E-state index contributed by atoms with van der Waals surface area (Å²) in [5.41, 5.74) is 3.96. The summed E-state index contributed by atoms with van der Waals surface area (Å²) in [4.78, 5) is 30.6. The number of nitrogens with zero attached hydrogens (tertiary/aromatic N) is 1. The van der Waals surface area contributed by atoms with Gasteiger partial charge in [0.15, 0.2) is 0 Å². The van der Waals surface area contributed by atoms with Gasteiger partial charge >= 0.3 is 0 Å². The van der Waals surface area contributed by atoms with Crippen molar-refractivity contribution < 1.29 is 9.59 Å². The maximum absolute atomic E-state index is 13.7. The van der Waals surface area contributed by atoms with Gasteiger partial charge in [-0.1, -0.05) is 73.3 Å². The van der Waals surface area contributed by atoms with Crippen molar-refractivity contribution in [3.05, 3.63) is 105 Å². The minimum Gasteiger partial charge on any atom is -0.352 e. The average Bonchev–Trinajstić information content (AvgIpc) is 2.98. The maximum atomic E-state index is 13.7. The molecule has 214 valence electrons. The quantitative estimate of drug-likeness (QED) is 0.197. The zero-order valence-electron chi connectivity index (χ0n) is 23.6. The fourth-order valence-electron chi connectivity index (χ4n) is 5.45. The smallest absolute Gasteiger partial charge is 0.260 e. The van der Waals surface area contributed by atoms with E-state index in [1.54, 1.807) is 23.5 Å². The first-order valence-corrected chi connectivity index (χ1v) is 16.6. The SMILES string of the molecule is Cc1cccc(CN2C(=O)/C(=C\c3ccc(C(=O)NCC(C)CSc4ccc(Cl)cc4)cc3)SC3CCCCC32)c1. The molecule has 2 fully saturated rings. The lowest BCUT2D eigenvalue weighted by Crippen LogP contribution is -2.50. The molecule has 41 heavy (non-hydrogen) atoms. The van der Waals surface area contributed by atoms with Crippen LogP contribution in [0.15, 0.2) is 82.6 Å². The Morgan fingerprint density at radius 1 is 1.10 bits per heavy atom. The number of carbonyl (C=O) groups excluding carboxylic acids is 2. The van der Waals surface area contributed by atoms with Crippen molar-refractivity contribution in [1.82, 2.24) is 10.2 Å². The Bertz CT molecular complexity index is 1390. The summed E-state index contributed by atoms with van der Waals surface area (Å²) in [6.07, 6.45) is 6.61. The summed E-state index contributed by atoms with van der Waals surface area (Å²) < 4.78 is 0. The Labute approximate surface area is 257 Å². The molecule has 2 amide bonds. The van der Waals surface area contributed by atoms with Crippen LogP contribution in [0.2, 0.25) is 5.02 Å². The van der Waals surface area contributed by atoms with Crippen LogP contribution in [0.5, 0.6) is 0 Å². The first-order chi connectivity index (χ1) is 19.9. The van der Waals surface area contributed by atoms with Crippen LogP contribution in [0.3, 0.4) is 0 Å². The molecule has 3 unspecified atom stereocenters. The minimum absolute atomic E-state index is 0.0787. The van der Waals surface area contributed by atoms with Gasteiger partial charge in [0.1, 0.15) is 0 Å². The van der Waals surface area contributed by atoms with Crippen LogP contribution >= 0.6 is 35.1 Å². The summed E-state index contributed by atoms with van der Waals surface area (Å²) in [5.74, 6) is 1.27. The monoisotopic (exact) mass is 604 g/mol. The number of hydrogen-bond acceptors (Lipinski definition) is 4. The molecule has 1 N–H and O–H groups in total. The van der Waals surface area contributed by atoms with Gasteiger partial charge in [-0.2, -0.15) is 0 Å². The van der Waals surface area contributed by atoms with Gasteiger partial charge in [-0.15, -0.1) is 23.5 Å². The molecule has 3 aromatic rings. The number of hydrogen-bond donors (Lipinski definition) is 1. The van der Waals surface area contributed by atoms with Crippen LogP contribution in [-0.2, 0) is 11.3 Å². The Balaban J connectivity index is 1.20. The number of amides is 2. The van der Waals surface area contributed by atoms with E-state index in [2.05, 4.69) is 48.3 Å². The molecule has 0 spiro atoms. The van der Waals surface area contributed by atoms with E-state index in [4.69, 9.17) is 11.6 Å². The maximum Gasteiger partial charge on any atom is 0.260 e. The van der Waals surface area contributed by atoms with E-state index in [9.17, 15) is 9.59 Å². The third kappa shape index (κ3) is 8.00. The van der Waals surface area contributed by atoms with E-state index in [-0.39, 0.29) is 17.9 Å². The fraction of sp³-hybridized carbons (Fsp3) is 0.353. The highest BCUT2D eigenvalue weighted by molar-refractivity contribution is 8.04. The third-order valence-corrected chi connectivity index (χ3v) is 10.7. The summed E-state index contributed by atoms with van der Waals surface area (Å²) in [6, 6.07) is 24.2. The number of thioether (sulfide) groups is 2.